The van der Waals surface area contributed by atoms with Gasteiger partial charge in [0, 0.05) is 25.2 Å². The van der Waals surface area contributed by atoms with Crippen molar-refractivity contribution < 1.29 is 0 Å². The lowest BCUT2D eigenvalue weighted by Crippen LogP contribution is -2.17. The van der Waals surface area contributed by atoms with Gasteiger partial charge in [-0.1, -0.05) is 6.92 Å². The van der Waals surface area contributed by atoms with Crippen molar-refractivity contribution in [1.29, 1.82) is 0 Å². The van der Waals surface area contributed by atoms with Crippen LogP contribution in [0.2, 0.25) is 0 Å². The third-order valence-corrected chi connectivity index (χ3v) is 2.85. The zero-order chi connectivity index (χ0) is 12.3. The number of rotatable bonds is 5. The van der Waals surface area contributed by atoms with Gasteiger partial charge in [-0.25, -0.2) is 9.97 Å². The number of hydrogen-bond donors (Lipinski definition) is 1. The molecule has 2 N–H and O–H groups in total. The van der Waals surface area contributed by atoms with E-state index in [1.54, 1.807) is 0 Å². The van der Waals surface area contributed by atoms with E-state index in [-0.39, 0.29) is 6.04 Å². The van der Waals surface area contributed by atoms with E-state index in [0.29, 0.717) is 0 Å². The van der Waals surface area contributed by atoms with Crippen LogP contribution in [-0.2, 0) is 13.0 Å². The lowest BCUT2D eigenvalue weighted by Gasteiger charge is -2.08. The van der Waals surface area contributed by atoms with Crippen LogP contribution in [0.1, 0.15) is 32.5 Å². The van der Waals surface area contributed by atoms with Gasteiger partial charge in [-0.05, 0) is 31.9 Å². The molecular weight excluding hydrogens is 212 g/mol. The average molecular weight is 232 g/mol. The van der Waals surface area contributed by atoms with Gasteiger partial charge in [0.25, 0.3) is 0 Å². The molecule has 0 amide bonds. The highest BCUT2D eigenvalue weighted by Gasteiger charge is 2.10. The SMILES string of the molecule is CCCn1c(CCC(C)N)nc2cccnc21. The van der Waals surface area contributed by atoms with Crippen molar-refractivity contribution in [2.75, 3.05) is 0 Å². The summed E-state index contributed by atoms with van der Waals surface area (Å²) in [5.74, 6) is 1.11. The molecule has 0 aliphatic heterocycles. The van der Waals surface area contributed by atoms with Gasteiger partial charge in [-0.2, -0.15) is 0 Å². The summed E-state index contributed by atoms with van der Waals surface area (Å²) in [5.41, 5.74) is 7.79. The molecule has 17 heavy (non-hydrogen) atoms. The molecule has 1 unspecified atom stereocenters. The molecule has 0 spiro atoms. The Kier molecular flexibility index (Phi) is 3.74. The predicted molar refractivity (Wildman–Crippen MR) is 69.8 cm³/mol. The molecule has 0 fully saturated rings. The molecule has 2 rings (SSSR count). The van der Waals surface area contributed by atoms with Gasteiger partial charge in [-0.15, -0.1) is 0 Å². The van der Waals surface area contributed by atoms with Crippen molar-refractivity contribution in [1.82, 2.24) is 14.5 Å². The summed E-state index contributed by atoms with van der Waals surface area (Å²) in [5, 5.41) is 0. The van der Waals surface area contributed by atoms with Crippen LogP contribution in [0.5, 0.6) is 0 Å². The smallest absolute Gasteiger partial charge is 0.159 e. The summed E-state index contributed by atoms with van der Waals surface area (Å²) in [7, 11) is 0. The number of pyridine rings is 1. The van der Waals surface area contributed by atoms with Crippen molar-refractivity contribution in [3.05, 3.63) is 24.2 Å². The molecule has 0 aliphatic carbocycles. The molecule has 0 saturated carbocycles. The Morgan fingerprint density at radius 2 is 2.29 bits per heavy atom. The molecule has 4 heteroatoms. The third-order valence-electron chi connectivity index (χ3n) is 2.85. The highest BCUT2D eigenvalue weighted by molar-refractivity contribution is 5.71. The van der Waals surface area contributed by atoms with E-state index in [1.165, 1.54) is 0 Å². The Morgan fingerprint density at radius 1 is 1.47 bits per heavy atom. The maximum Gasteiger partial charge on any atom is 0.159 e. The number of nitrogens with two attached hydrogens (primary N) is 1. The minimum Gasteiger partial charge on any atom is -0.328 e. The summed E-state index contributed by atoms with van der Waals surface area (Å²) in [6, 6.07) is 4.17. The summed E-state index contributed by atoms with van der Waals surface area (Å²) >= 11 is 0. The monoisotopic (exact) mass is 232 g/mol. The molecule has 0 radical (unpaired) electrons. The van der Waals surface area contributed by atoms with Gasteiger partial charge in [0.2, 0.25) is 0 Å². The molecule has 2 aromatic rings. The summed E-state index contributed by atoms with van der Waals surface area (Å²) in [4.78, 5) is 9.06. The van der Waals surface area contributed by atoms with Crippen LogP contribution >= 0.6 is 0 Å². The Morgan fingerprint density at radius 3 is 3.00 bits per heavy atom. The highest BCUT2D eigenvalue weighted by Crippen LogP contribution is 2.15. The van der Waals surface area contributed by atoms with E-state index in [2.05, 4.69) is 21.5 Å². The summed E-state index contributed by atoms with van der Waals surface area (Å²) in [6.07, 6.45) is 4.81. The van der Waals surface area contributed by atoms with Crippen LogP contribution in [0.4, 0.5) is 0 Å². The zero-order valence-corrected chi connectivity index (χ0v) is 10.6. The topological polar surface area (TPSA) is 56.7 Å². The second-order valence-electron chi connectivity index (χ2n) is 4.54. The third kappa shape index (κ3) is 2.64. The molecule has 0 aliphatic rings. The fraction of sp³-hybridized carbons (Fsp3) is 0.538. The highest BCUT2D eigenvalue weighted by atomic mass is 15.1. The Bertz CT molecular complexity index is 487. The van der Waals surface area contributed by atoms with Crippen LogP contribution in [0, 0.1) is 0 Å². The van der Waals surface area contributed by atoms with Gasteiger partial charge < -0.3 is 10.3 Å². The first-order valence-electron chi connectivity index (χ1n) is 6.28. The Balaban J connectivity index is 2.35. The number of aryl methyl sites for hydroxylation is 2. The Hall–Kier alpha value is -1.42. The summed E-state index contributed by atoms with van der Waals surface area (Å²) < 4.78 is 2.22. The largest absolute Gasteiger partial charge is 0.328 e. The first kappa shape index (κ1) is 12.0. The molecular formula is C13H20N4. The van der Waals surface area contributed by atoms with Gasteiger partial charge >= 0.3 is 0 Å². The van der Waals surface area contributed by atoms with Crippen LogP contribution in [0.3, 0.4) is 0 Å². The van der Waals surface area contributed by atoms with E-state index >= 15 is 0 Å². The zero-order valence-electron chi connectivity index (χ0n) is 10.6. The predicted octanol–water partition coefficient (Wildman–Crippen LogP) is 2.12. The standard InChI is InChI=1S/C13H20N4/c1-3-9-17-12(7-6-10(2)14)16-11-5-4-8-15-13(11)17/h4-5,8,10H,3,6-7,9,14H2,1-2H3. The van der Waals surface area contributed by atoms with Crippen molar-refractivity contribution >= 4 is 11.2 Å². The number of imidazole rings is 1. The Labute approximate surface area is 102 Å². The molecule has 92 valence electrons. The van der Waals surface area contributed by atoms with Crippen molar-refractivity contribution in [2.45, 2.75) is 45.7 Å². The number of fused-ring (bicyclic) bond motifs is 1. The number of nitrogens with zero attached hydrogens (tertiary/aromatic N) is 3. The normalized spacial score (nSPS) is 13.1. The maximum absolute atomic E-state index is 5.81. The maximum atomic E-state index is 5.81. The van der Waals surface area contributed by atoms with Crippen LogP contribution < -0.4 is 5.73 Å². The minimum absolute atomic E-state index is 0.220. The molecule has 4 nitrogen and oxygen atoms in total. The van der Waals surface area contributed by atoms with Crippen molar-refractivity contribution in [3.63, 3.8) is 0 Å². The minimum atomic E-state index is 0.220. The molecule has 2 heterocycles. The fourth-order valence-corrected chi connectivity index (χ4v) is 2.01. The van der Waals surface area contributed by atoms with Gasteiger partial charge in [0.1, 0.15) is 11.3 Å². The van der Waals surface area contributed by atoms with E-state index < -0.39 is 0 Å². The second kappa shape index (κ2) is 5.27. The molecule has 2 aromatic heterocycles. The van der Waals surface area contributed by atoms with Gasteiger partial charge in [0.15, 0.2) is 5.65 Å². The van der Waals surface area contributed by atoms with E-state index in [9.17, 15) is 0 Å². The van der Waals surface area contributed by atoms with E-state index in [1.807, 2.05) is 25.3 Å². The van der Waals surface area contributed by atoms with Crippen LogP contribution in [-0.4, -0.2) is 20.6 Å². The van der Waals surface area contributed by atoms with E-state index in [4.69, 9.17) is 5.73 Å². The quantitative estimate of drug-likeness (QED) is 0.859. The van der Waals surface area contributed by atoms with Gasteiger partial charge in [0.05, 0.1) is 0 Å². The molecule has 0 bridgehead atoms. The lowest BCUT2D eigenvalue weighted by atomic mass is 10.2. The van der Waals surface area contributed by atoms with Crippen molar-refractivity contribution in [3.8, 4) is 0 Å². The lowest BCUT2D eigenvalue weighted by molar-refractivity contribution is 0.599. The molecule has 0 saturated heterocycles. The van der Waals surface area contributed by atoms with Crippen molar-refractivity contribution in [2.24, 2.45) is 5.73 Å². The summed E-state index contributed by atoms with van der Waals surface area (Å²) in [6.45, 7) is 5.18. The number of aromatic nitrogens is 3. The second-order valence-corrected chi connectivity index (χ2v) is 4.54. The molecule has 0 aromatic carbocycles. The average Bonchev–Trinajstić information content (AvgIpc) is 2.66. The van der Waals surface area contributed by atoms with Crippen LogP contribution in [0.25, 0.3) is 11.2 Å². The first-order valence-corrected chi connectivity index (χ1v) is 6.28. The van der Waals surface area contributed by atoms with Crippen LogP contribution in [0.15, 0.2) is 18.3 Å². The molecule has 1 atom stereocenters. The fourth-order valence-electron chi connectivity index (χ4n) is 2.01. The number of hydrogen-bond acceptors (Lipinski definition) is 3. The van der Waals surface area contributed by atoms with Gasteiger partial charge in [-0.3, -0.25) is 0 Å². The first-order chi connectivity index (χ1) is 8.22. The van der Waals surface area contributed by atoms with E-state index in [0.717, 1.165) is 42.8 Å².